The number of rotatable bonds is 4. The lowest BCUT2D eigenvalue weighted by Crippen LogP contribution is -2.53. The van der Waals surface area contributed by atoms with Crippen LogP contribution >= 0.6 is 11.6 Å². The maximum atomic E-state index is 11.7. The molecular weight excluding hydrogens is 300 g/mol. The molecule has 1 atom stereocenters. The van der Waals surface area contributed by atoms with Crippen molar-refractivity contribution in [3.63, 3.8) is 0 Å². The average molecular weight is 325 g/mol. The first-order chi connectivity index (χ1) is 10.2. The minimum absolute atomic E-state index is 0.186. The first-order valence-corrected chi connectivity index (χ1v) is 8.12. The summed E-state index contributed by atoms with van der Waals surface area (Å²) in [5.74, 6) is 0. The van der Waals surface area contributed by atoms with Gasteiger partial charge in [-0.2, -0.15) is 0 Å². The van der Waals surface area contributed by atoms with Gasteiger partial charge in [-0.3, -0.25) is 0 Å². The summed E-state index contributed by atoms with van der Waals surface area (Å²) in [7, 11) is 0. The van der Waals surface area contributed by atoms with E-state index in [0.29, 0.717) is 6.04 Å². The van der Waals surface area contributed by atoms with Gasteiger partial charge in [-0.05, 0) is 52.2 Å². The predicted octanol–water partition coefficient (Wildman–Crippen LogP) is 4.05. The Morgan fingerprint density at radius 1 is 1.27 bits per heavy atom. The fraction of sp³-hybridized carbons (Fsp3) is 0.588. The van der Waals surface area contributed by atoms with Crippen LogP contribution in [0.4, 0.5) is 4.79 Å². The number of hydrogen-bond donors (Lipinski definition) is 2. The zero-order chi connectivity index (χ0) is 16.3. The summed E-state index contributed by atoms with van der Waals surface area (Å²) in [5.41, 5.74) is 0.650. The van der Waals surface area contributed by atoms with Crippen LogP contribution in [0.3, 0.4) is 0 Å². The van der Waals surface area contributed by atoms with Crippen molar-refractivity contribution in [3.8, 4) is 0 Å². The van der Waals surface area contributed by atoms with E-state index in [9.17, 15) is 4.79 Å². The molecule has 2 N–H and O–H groups in total. The van der Waals surface area contributed by atoms with Crippen LogP contribution in [0.25, 0.3) is 0 Å². The van der Waals surface area contributed by atoms with Crippen LogP contribution < -0.4 is 10.6 Å². The molecule has 0 spiro atoms. The topological polar surface area (TPSA) is 50.4 Å². The quantitative estimate of drug-likeness (QED) is 0.878. The molecular formula is C17H25ClN2O2. The van der Waals surface area contributed by atoms with Gasteiger partial charge in [0, 0.05) is 23.1 Å². The van der Waals surface area contributed by atoms with Crippen molar-refractivity contribution in [2.24, 2.45) is 0 Å². The number of amides is 1. The van der Waals surface area contributed by atoms with Gasteiger partial charge in [0.05, 0.1) is 0 Å². The van der Waals surface area contributed by atoms with E-state index in [0.717, 1.165) is 23.4 Å². The zero-order valence-electron chi connectivity index (χ0n) is 13.7. The van der Waals surface area contributed by atoms with Crippen LogP contribution in [0.2, 0.25) is 5.02 Å². The van der Waals surface area contributed by atoms with Crippen LogP contribution in [0.5, 0.6) is 0 Å². The second-order valence-electron chi connectivity index (χ2n) is 6.92. The van der Waals surface area contributed by atoms with Crippen LogP contribution in [0.15, 0.2) is 24.3 Å². The summed E-state index contributed by atoms with van der Waals surface area (Å²) in [5, 5.41) is 7.23. The van der Waals surface area contributed by atoms with E-state index in [2.05, 4.69) is 17.6 Å². The third-order valence-corrected chi connectivity index (χ3v) is 4.06. The van der Waals surface area contributed by atoms with E-state index in [4.69, 9.17) is 16.3 Å². The number of ether oxygens (including phenoxy) is 1. The molecule has 0 saturated heterocycles. The highest BCUT2D eigenvalue weighted by atomic mass is 35.5. The summed E-state index contributed by atoms with van der Waals surface area (Å²) >= 11 is 6.21. The Balaban J connectivity index is 1.73. The number of hydrogen-bond acceptors (Lipinski definition) is 3. The third kappa shape index (κ3) is 4.89. The van der Waals surface area contributed by atoms with Crippen molar-refractivity contribution in [2.45, 2.75) is 64.3 Å². The predicted molar refractivity (Wildman–Crippen MR) is 89.2 cm³/mol. The Labute approximate surface area is 137 Å². The first kappa shape index (κ1) is 17.1. The molecule has 0 unspecified atom stereocenters. The van der Waals surface area contributed by atoms with Gasteiger partial charge in [0.15, 0.2) is 0 Å². The minimum Gasteiger partial charge on any atom is -0.444 e. The normalized spacial score (nSPS) is 22.6. The Bertz CT molecular complexity index is 522. The first-order valence-electron chi connectivity index (χ1n) is 7.74. The van der Waals surface area contributed by atoms with Crippen LogP contribution in [0, 0.1) is 0 Å². The molecule has 2 rings (SSSR count). The second-order valence-corrected chi connectivity index (χ2v) is 7.33. The van der Waals surface area contributed by atoms with Gasteiger partial charge in [0.25, 0.3) is 0 Å². The Morgan fingerprint density at radius 2 is 1.91 bits per heavy atom. The second kappa shape index (κ2) is 6.88. The molecule has 1 aliphatic rings. The fourth-order valence-electron chi connectivity index (χ4n) is 2.62. The van der Waals surface area contributed by atoms with Crippen molar-refractivity contribution < 1.29 is 9.53 Å². The third-order valence-electron chi connectivity index (χ3n) is 3.72. The van der Waals surface area contributed by atoms with Crippen molar-refractivity contribution in [3.05, 3.63) is 34.9 Å². The van der Waals surface area contributed by atoms with E-state index in [1.807, 2.05) is 45.0 Å². The van der Waals surface area contributed by atoms with Gasteiger partial charge in [-0.25, -0.2) is 4.79 Å². The largest absolute Gasteiger partial charge is 0.444 e. The molecule has 1 fully saturated rings. The van der Waals surface area contributed by atoms with Crippen molar-refractivity contribution in [2.75, 3.05) is 0 Å². The summed E-state index contributed by atoms with van der Waals surface area (Å²) in [6.45, 7) is 7.70. The maximum Gasteiger partial charge on any atom is 0.407 e. The Kier molecular flexibility index (Phi) is 5.35. The molecule has 1 aromatic carbocycles. The van der Waals surface area contributed by atoms with Crippen molar-refractivity contribution in [1.29, 1.82) is 0 Å². The lowest BCUT2D eigenvalue weighted by molar-refractivity contribution is 0.0463. The molecule has 22 heavy (non-hydrogen) atoms. The molecule has 1 amide bonds. The number of nitrogens with one attached hydrogen (secondary N) is 2. The van der Waals surface area contributed by atoms with Gasteiger partial charge in [0.2, 0.25) is 0 Å². The molecule has 0 bridgehead atoms. The number of alkyl carbamates (subject to hydrolysis) is 1. The Morgan fingerprint density at radius 3 is 2.50 bits per heavy atom. The van der Waals surface area contributed by atoms with E-state index in [1.54, 1.807) is 0 Å². The van der Waals surface area contributed by atoms with Gasteiger partial charge in [-0.1, -0.05) is 29.8 Å². The smallest absolute Gasteiger partial charge is 0.407 e. The minimum atomic E-state index is -0.454. The highest BCUT2D eigenvalue weighted by Crippen LogP contribution is 2.27. The lowest BCUT2D eigenvalue weighted by Gasteiger charge is -2.38. The summed E-state index contributed by atoms with van der Waals surface area (Å²) in [6.07, 6.45) is 1.48. The SMILES string of the molecule is C[C@H](NC1CC(NC(=O)OC(C)(C)C)C1)c1ccccc1Cl. The standard InChI is InChI=1S/C17H25ClN2O2/c1-11(14-7-5-6-8-15(14)18)19-12-9-13(10-12)20-16(21)22-17(2,3)4/h5-8,11-13,19H,9-10H2,1-4H3,(H,20,21)/t11-,12?,13?/m0/s1. The number of benzene rings is 1. The number of halogens is 1. The molecule has 1 aliphatic carbocycles. The van der Waals surface area contributed by atoms with E-state index < -0.39 is 5.60 Å². The molecule has 4 nitrogen and oxygen atoms in total. The Hall–Kier alpha value is -1.26. The van der Waals surface area contributed by atoms with Gasteiger partial charge >= 0.3 is 6.09 Å². The average Bonchev–Trinajstić information content (AvgIpc) is 2.34. The molecule has 0 radical (unpaired) electrons. The van der Waals surface area contributed by atoms with Gasteiger partial charge in [-0.15, -0.1) is 0 Å². The van der Waals surface area contributed by atoms with Crippen molar-refractivity contribution >= 4 is 17.7 Å². The van der Waals surface area contributed by atoms with Gasteiger partial charge < -0.3 is 15.4 Å². The number of carbonyl (C=O) groups excluding carboxylic acids is 1. The van der Waals surface area contributed by atoms with Crippen LogP contribution in [0.1, 0.15) is 52.1 Å². The zero-order valence-corrected chi connectivity index (χ0v) is 14.4. The highest BCUT2D eigenvalue weighted by Gasteiger charge is 2.32. The van der Waals surface area contributed by atoms with Crippen LogP contribution in [-0.4, -0.2) is 23.8 Å². The van der Waals surface area contributed by atoms with Crippen LogP contribution in [-0.2, 0) is 4.74 Å². The van der Waals surface area contributed by atoms with E-state index >= 15 is 0 Å². The molecule has 122 valence electrons. The monoisotopic (exact) mass is 324 g/mol. The fourth-order valence-corrected chi connectivity index (χ4v) is 2.92. The summed E-state index contributed by atoms with van der Waals surface area (Å²) < 4.78 is 5.26. The molecule has 5 heteroatoms. The van der Waals surface area contributed by atoms with Crippen molar-refractivity contribution in [1.82, 2.24) is 10.6 Å². The molecule has 0 heterocycles. The molecule has 0 aliphatic heterocycles. The molecule has 0 aromatic heterocycles. The number of carbonyl (C=O) groups is 1. The van der Waals surface area contributed by atoms with E-state index in [1.165, 1.54) is 0 Å². The summed E-state index contributed by atoms with van der Waals surface area (Å²) in [4.78, 5) is 11.7. The highest BCUT2D eigenvalue weighted by molar-refractivity contribution is 6.31. The molecule has 1 saturated carbocycles. The van der Waals surface area contributed by atoms with E-state index in [-0.39, 0.29) is 18.2 Å². The lowest BCUT2D eigenvalue weighted by atomic mass is 9.86. The summed E-state index contributed by atoms with van der Waals surface area (Å²) in [6, 6.07) is 8.64. The maximum absolute atomic E-state index is 11.7. The molecule has 1 aromatic rings. The van der Waals surface area contributed by atoms with Gasteiger partial charge in [0.1, 0.15) is 5.60 Å².